The Hall–Kier alpha value is -3.19. The molecule has 28 heavy (non-hydrogen) atoms. The minimum atomic E-state index is -0.269. The molecule has 0 radical (unpaired) electrons. The molecule has 3 rings (SSSR count). The fourth-order valence-electron chi connectivity index (χ4n) is 3.27. The number of nitrogens with zero attached hydrogens (tertiary/aromatic N) is 1. The van der Waals surface area contributed by atoms with Gasteiger partial charge in [0.25, 0.3) is 17.7 Å². The van der Waals surface area contributed by atoms with E-state index in [2.05, 4.69) is 5.32 Å². The van der Waals surface area contributed by atoms with E-state index >= 15 is 0 Å². The number of hydrogen-bond acceptors (Lipinski definition) is 4. The molecule has 1 heterocycles. The highest BCUT2D eigenvalue weighted by atomic mass is 16.5. The number of nitrogens with one attached hydrogen (secondary N) is 2. The van der Waals surface area contributed by atoms with E-state index in [9.17, 15) is 14.4 Å². The van der Waals surface area contributed by atoms with Crippen molar-refractivity contribution in [1.82, 2.24) is 4.90 Å². The molecular weight excluding hydrogens is 358 g/mol. The van der Waals surface area contributed by atoms with E-state index in [0.717, 1.165) is 4.90 Å². The van der Waals surface area contributed by atoms with Crippen LogP contribution in [0.5, 0.6) is 5.75 Å². The third kappa shape index (κ3) is 4.04. The first kappa shape index (κ1) is 19.6. The van der Waals surface area contributed by atoms with Crippen LogP contribution in [0.15, 0.2) is 48.5 Å². The molecule has 0 saturated carbocycles. The maximum Gasteiger partial charge on any atom is 0.279 e. The zero-order valence-electron chi connectivity index (χ0n) is 16.0. The van der Waals surface area contributed by atoms with Crippen LogP contribution < -0.4 is 15.0 Å². The average molecular weight is 382 g/mol. The molecule has 1 aliphatic rings. The summed E-state index contributed by atoms with van der Waals surface area (Å²) in [6.45, 7) is 3.67. The summed E-state index contributed by atoms with van der Waals surface area (Å²) in [7, 11) is 1.55. The number of quaternary nitrogens is 1. The van der Waals surface area contributed by atoms with Crippen LogP contribution in [0.1, 0.15) is 27.6 Å². The number of rotatable bonds is 8. The van der Waals surface area contributed by atoms with Crippen molar-refractivity contribution in [2.24, 2.45) is 0 Å². The molecule has 1 aliphatic heterocycles. The van der Waals surface area contributed by atoms with Crippen LogP contribution in [0, 0.1) is 0 Å². The summed E-state index contributed by atoms with van der Waals surface area (Å²) in [6.07, 6.45) is 0. The van der Waals surface area contributed by atoms with Crippen molar-refractivity contribution in [2.75, 3.05) is 38.6 Å². The molecule has 0 aliphatic carbocycles. The van der Waals surface area contributed by atoms with Crippen LogP contribution in [0.2, 0.25) is 0 Å². The van der Waals surface area contributed by atoms with E-state index in [1.807, 2.05) is 19.1 Å². The monoisotopic (exact) mass is 382 g/mol. The molecule has 2 N–H and O–H groups in total. The fourth-order valence-corrected chi connectivity index (χ4v) is 3.27. The van der Waals surface area contributed by atoms with Crippen molar-refractivity contribution >= 4 is 23.4 Å². The van der Waals surface area contributed by atoms with E-state index in [-0.39, 0.29) is 30.8 Å². The van der Waals surface area contributed by atoms with Crippen molar-refractivity contribution < 1.29 is 24.0 Å². The number of hydrogen-bond donors (Lipinski definition) is 2. The Morgan fingerprint density at radius 3 is 2.25 bits per heavy atom. The third-order valence-corrected chi connectivity index (χ3v) is 4.86. The Labute approximate surface area is 163 Å². The average Bonchev–Trinajstić information content (AvgIpc) is 2.96. The number of benzene rings is 2. The van der Waals surface area contributed by atoms with Gasteiger partial charge in [0, 0.05) is 0 Å². The fraction of sp³-hybridized carbons (Fsp3) is 0.286. The topological polar surface area (TPSA) is 80.2 Å². The van der Waals surface area contributed by atoms with Crippen molar-refractivity contribution in [3.05, 3.63) is 59.7 Å². The lowest BCUT2D eigenvalue weighted by Gasteiger charge is -2.20. The predicted molar refractivity (Wildman–Crippen MR) is 105 cm³/mol. The molecule has 146 valence electrons. The predicted octanol–water partition coefficient (Wildman–Crippen LogP) is 0.835. The van der Waals surface area contributed by atoms with E-state index in [4.69, 9.17) is 4.74 Å². The smallest absolute Gasteiger partial charge is 0.279 e. The molecular formula is C21H24N3O4+. The second-order valence-corrected chi connectivity index (χ2v) is 6.59. The quantitative estimate of drug-likeness (QED) is 0.663. The number of para-hydroxylation sites is 2. The second-order valence-electron chi connectivity index (χ2n) is 6.59. The maximum atomic E-state index is 12.4. The van der Waals surface area contributed by atoms with Crippen LogP contribution in [-0.4, -0.2) is 55.9 Å². The van der Waals surface area contributed by atoms with Crippen molar-refractivity contribution in [3.63, 3.8) is 0 Å². The Morgan fingerprint density at radius 1 is 1.04 bits per heavy atom. The van der Waals surface area contributed by atoms with Crippen LogP contribution >= 0.6 is 0 Å². The van der Waals surface area contributed by atoms with Crippen LogP contribution in [-0.2, 0) is 4.79 Å². The molecule has 1 unspecified atom stereocenters. The molecule has 0 spiro atoms. The Kier molecular flexibility index (Phi) is 6.06. The highest BCUT2D eigenvalue weighted by Gasteiger charge is 2.35. The lowest BCUT2D eigenvalue weighted by atomic mass is 10.1. The van der Waals surface area contributed by atoms with Gasteiger partial charge in [0.1, 0.15) is 5.75 Å². The standard InChI is InChI=1S/C21H23N3O4/c1-3-23(14-19(25)22-17-10-6-7-11-18(17)28-2)12-13-24-20(26)15-8-4-5-9-16(15)21(24)27/h4-11H,3,12-14H2,1-2H3,(H,22,25)/p+1. The number of carbonyl (C=O) groups is 3. The third-order valence-electron chi connectivity index (χ3n) is 4.86. The highest BCUT2D eigenvalue weighted by molar-refractivity contribution is 6.21. The van der Waals surface area contributed by atoms with Gasteiger partial charge >= 0.3 is 0 Å². The molecule has 1 atom stereocenters. The number of likely N-dealkylation sites (N-methyl/N-ethyl adjacent to an activating group) is 1. The SMILES string of the molecule is CC[NH+](CCN1C(=O)c2ccccc2C1=O)CC(=O)Nc1ccccc1OC. The zero-order valence-corrected chi connectivity index (χ0v) is 16.0. The summed E-state index contributed by atoms with van der Waals surface area (Å²) >= 11 is 0. The minimum absolute atomic E-state index is 0.149. The molecule has 2 aromatic carbocycles. The summed E-state index contributed by atoms with van der Waals surface area (Å²) in [5.41, 5.74) is 1.50. The lowest BCUT2D eigenvalue weighted by molar-refractivity contribution is -0.889. The Morgan fingerprint density at radius 2 is 1.64 bits per heavy atom. The van der Waals surface area contributed by atoms with E-state index in [0.29, 0.717) is 35.7 Å². The number of amides is 3. The largest absolute Gasteiger partial charge is 0.495 e. The molecule has 0 fully saturated rings. The highest BCUT2D eigenvalue weighted by Crippen LogP contribution is 2.23. The van der Waals surface area contributed by atoms with E-state index < -0.39 is 0 Å². The normalized spacial score (nSPS) is 14.0. The van der Waals surface area contributed by atoms with Crippen molar-refractivity contribution in [1.29, 1.82) is 0 Å². The molecule has 7 nitrogen and oxygen atoms in total. The summed E-state index contributed by atoms with van der Waals surface area (Å²) in [5.74, 6) is -0.0901. The number of anilines is 1. The van der Waals surface area contributed by atoms with Gasteiger partial charge in [-0.25, -0.2) is 0 Å². The van der Waals surface area contributed by atoms with Gasteiger partial charge in [-0.15, -0.1) is 0 Å². The molecule has 0 bridgehead atoms. The molecule has 0 aromatic heterocycles. The van der Waals surface area contributed by atoms with Gasteiger partial charge in [-0.05, 0) is 31.2 Å². The van der Waals surface area contributed by atoms with Gasteiger partial charge in [-0.3, -0.25) is 19.3 Å². The number of imide groups is 1. The van der Waals surface area contributed by atoms with Gasteiger partial charge in [-0.2, -0.15) is 0 Å². The lowest BCUT2D eigenvalue weighted by Crippen LogP contribution is -3.13. The van der Waals surface area contributed by atoms with Crippen LogP contribution in [0.3, 0.4) is 0 Å². The molecule has 0 saturated heterocycles. The van der Waals surface area contributed by atoms with Crippen molar-refractivity contribution in [3.8, 4) is 5.75 Å². The summed E-state index contributed by atoms with van der Waals surface area (Å²) < 4.78 is 5.24. The molecule has 3 amide bonds. The number of ether oxygens (including phenoxy) is 1. The van der Waals surface area contributed by atoms with Gasteiger partial charge in [0.05, 0.1) is 43.6 Å². The van der Waals surface area contributed by atoms with Crippen LogP contribution in [0.4, 0.5) is 5.69 Å². The number of carbonyl (C=O) groups excluding carboxylic acids is 3. The summed E-state index contributed by atoms with van der Waals surface area (Å²) in [5, 5.41) is 2.85. The Bertz CT molecular complexity index is 862. The van der Waals surface area contributed by atoms with Gasteiger partial charge < -0.3 is 15.0 Å². The number of methoxy groups -OCH3 is 1. The van der Waals surface area contributed by atoms with Gasteiger partial charge in [0.15, 0.2) is 6.54 Å². The van der Waals surface area contributed by atoms with Gasteiger partial charge in [-0.1, -0.05) is 24.3 Å². The van der Waals surface area contributed by atoms with Crippen molar-refractivity contribution in [2.45, 2.75) is 6.92 Å². The first-order valence-corrected chi connectivity index (χ1v) is 9.26. The van der Waals surface area contributed by atoms with E-state index in [1.165, 1.54) is 4.90 Å². The van der Waals surface area contributed by atoms with Gasteiger partial charge in [0.2, 0.25) is 0 Å². The maximum absolute atomic E-state index is 12.4. The second kappa shape index (κ2) is 8.67. The van der Waals surface area contributed by atoms with E-state index in [1.54, 1.807) is 43.5 Å². The summed E-state index contributed by atoms with van der Waals surface area (Å²) in [4.78, 5) is 39.5. The number of fused-ring (bicyclic) bond motifs is 1. The molecule has 2 aromatic rings. The van der Waals surface area contributed by atoms with Crippen LogP contribution in [0.25, 0.3) is 0 Å². The first-order valence-electron chi connectivity index (χ1n) is 9.26. The molecule has 7 heteroatoms. The Balaban J connectivity index is 1.57. The summed E-state index contributed by atoms with van der Waals surface area (Å²) in [6, 6.07) is 14.1. The minimum Gasteiger partial charge on any atom is -0.495 e. The first-order chi connectivity index (χ1) is 13.5. The zero-order chi connectivity index (χ0) is 20.1.